The number of rotatable bonds is 2. The number of aliphatic hydroxyl groups is 1. The van der Waals surface area contributed by atoms with E-state index in [0.29, 0.717) is 0 Å². The van der Waals surface area contributed by atoms with Gasteiger partial charge in [0.15, 0.2) is 29.4 Å². The first kappa shape index (κ1) is 12.5. The Morgan fingerprint density at radius 2 is 1.50 bits per heavy atom. The van der Waals surface area contributed by atoms with E-state index in [1.807, 2.05) is 0 Å². The molecule has 0 aromatic heterocycles. The van der Waals surface area contributed by atoms with Gasteiger partial charge in [-0.3, -0.25) is 0 Å². The lowest BCUT2D eigenvalue weighted by Gasteiger charge is -2.10. The van der Waals surface area contributed by atoms with Crippen LogP contribution in [0, 0.1) is 35.6 Å². The molecule has 0 radical (unpaired) electrons. The monoisotopic (exact) mass is 236 g/mol. The van der Waals surface area contributed by atoms with Crippen LogP contribution in [0.25, 0.3) is 0 Å². The second-order valence-electron chi connectivity index (χ2n) is 2.84. The standard InChI is InChI=1S/C10H5F5O/c1-2-5(11)6-9(14)7(12)4(3-16)8(13)10(6)15/h1,5,16H,3H2. The van der Waals surface area contributed by atoms with Gasteiger partial charge in [-0.15, -0.1) is 6.42 Å². The first-order valence-electron chi connectivity index (χ1n) is 4.01. The van der Waals surface area contributed by atoms with E-state index in [0.717, 1.165) is 0 Å². The Balaban J connectivity index is 3.61. The van der Waals surface area contributed by atoms with E-state index in [1.54, 1.807) is 0 Å². The van der Waals surface area contributed by atoms with Gasteiger partial charge in [0.05, 0.1) is 17.7 Å². The molecule has 1 atom stereocenters. The highest BCUT2D eigenvalue weighted by atomic mass is 19.2. The van der Waals surface area contributed by atoms with Crippen LogP contribution >= 0.6 is 0 Å². The summed E-state index contributed by atoms with van der Waals surface area (Å²) in [6.45, 7) is -1.25. The molecular formula is C10H5F5O. The van der Waals surface area contributed by atoms with Gasteiger partial charge < -0.3 is 5.11 Å². The Bertz CT molecular complexity index is 434. The van der Waals surface area contributed by atoms with Crippen molar-refractivity contribution in [1.82, 2.24) is 0 Å². The van der Waals surface area contributed by atoms with E-state index in [-0.39, 0.29) is 0 Å². The van der Waals surface area contributed by atoms with E-state index in [1.165, 1.54) is 5.92 Å². The first-order chi connectivity index (χ1) is 7.45. The molecule has 1 aromatic rings. The van der Waals surface area contributed by atoms with Crippen molar-refractivity contribution in [3.63, 3.8) is 0 Å². The van der Waals surface area contributed by atoms with Crippen LogP contribution in [0.4, 0.5) is 22.0 Å². The average Bonchev–Trinajstić information content (AvgIpc) is 2.27. The summed E-state index contributed by atoms with van der Waals surface area (Å²) < 4.78 is 65.1. The van der Waals surface area contributed by atoms with Crippen molar-refractivity contribution in [1.29, 1.82) is 0 Å². The van der Waals surface area contributed by atoms with Gasteiger partial charge in [0, 0.05) is 0 Å². The summed E-state index contributed by atoms with van der Waals surface area (Å²) in [5.41, 5.74) is -2.71. The zero-order chi connectivity index (χ0) is 12.5. The van der Waals surface area contributed by atoms with E-state index >= 15 is 0 Å². The fourth-order valence-corrected chi connectivity index (χ4v) is 1.14. The van der Waals surface area contributed by atoms with E-state index in [4.69, 9.17) is 5.11 Å². The Morgan fingerprint density at radius 3 is 1.81 bits per heavy atom. The molecule has 0 fully saturated rings. The van der Waals surface area contributed by atoms with Crippen LogP contribution in [0.5, 0.6) is 0 Å². The molecule has 1 N–H and O–H groups in total. The van der Waals surface area contributed by atoms with E-state index in [9.17, 15) is 22.0 Å². The van der Waals surface area contributed by atoms with Crippen molar-refractivity contribution in [3.05, 3.63) is 34.4 Å². The number of halogens is 5. The normalized spacial score (nSPS) is 12.3. The highest BCUT2D eigenvalue weighted by Crippen LogP contribution is 2.29. The van der Waals surface area contributed by atoms with Crippen LogP contribution in [-0.4, -0.2) is 5.11 Å². The SMILES string of the molecule is C#CC(F)c1c(F)c(F)c(CO)c(F)c1F. The fourth-order valence-electron chi connectivity index (χ4n) is 1.14. The predicted octanol–water partition coefficient (Wildman–Crippen LogP) is 2.38. The van der Waals surface area contributed by atoms with Crippen LogP contribution in [0.1, 0.15) is 17.3 Å². The topological polar surface area (TPSA) is 20.2 Å². The zero-order valence-corrected chi connectivity index (χ0v) is 7.70. The number of hydrogen-bond donors (Lipinski definition) is 1. The van der Waals surface area contributed by atoms with Crippen molar-refractivity contribution in [2.45, 2.75) is 12.8 Å². The molecule has 0 aliphatic rings. The summed E-state index contributed by atoms with van der Waals surface area (Å²) >= 11 is 0. The summed E-state index contributed by atoms with van der Waals surface area (Å²) in [5.74, 6) is -6.27. The Kier molecular flexibility index (Phi) is 3.50. The molecule has 0 heterocycles. The van der Waals surface area contributed by atoms with Gasteiger partial charge in [0.1, 0.15) is 0 Å². The van der Waals surface area contributed by atoms with Gasteiger partial charge in [0.25, 0.3) is 0 Å². The Morgan fingerprint density at radius 1 is 1.06 bits per heavy atom. The fraction of sp³-hybridized carbons (Fsp3) is 0.200. The molecule has 1 nitrogen and oxygen atoms in total. The maximum Gasteiger partial charge on any atom is 0.191 e. The first-order valence-corrected chi connectivity index (χ1v) is 4.01. The highest BCUT2D eigenvalue weighted by molar-refractivity contribution is 5.33. The quantitative estimate of drug-likeness (QED) is 0.475. The van der Waals surface area contributed by atoms with Crippen LogP contribution < -0.4 is 0 Å². The van der Waals surface area contributed by atoms with Crippen molar-refractivity contribution in [2.24, 2.45) is 0 Å². The van der Waals surface area contributed by atoms with Gasteiger partial charge >= 0.3 is 0 Å². The summed E-state index contributed by atoms with van der Waals surface area (Å²) in [7, 11) is 0. The molecule has 86 valence electrons. The lowest BCUT2D eigenvalue weighted by Crippen LogP contribution is -2.09. The number of alkyl halides is 1. The van der Waals surface area contributed by atoms with Gasteiger partial charge in [-0.1, -0.05) is 5.92 Å². The van der Waals surface area contributed by atoms with Crippen LogP contribution in [-0.2, 0) is 6.61 Å². The maximum absolute atomic E-state index is 13.1. The second-order valence-corrected chi connectivity index (χ2v) is 2.84. The number of terminal acetylenes is 1. The Hall–Kier alpha value is -1.61. The average molecular weight is 236 g/mol. The molecule has 0 saturated carbocycles. The van der Waals surface area contributed by atoms with Gasteiger partial charge in [-0.2, -0.15) is 0 Å². The third kappa shape index (κ3) is 1.74. The summed E-state index contributed by atoms with van der Waals surface area (Å²) in [4.78, 5) is 0. The predicted molar refractivity (Wildman–Crippen MR) is 44.9 cm³/mol. The molecule has 6 heteroatoms. The maximum atomic E-state index is 13.1. The molecular weight excluding hydrogens is 231 g/mol. The van der Waals surface area contributed by atoms with Crippen molar-refractivity contribution < 1.29 is 27.1 Å². The van der Waals surface area contributed by atoms with Crippen molar-refractivity contribution in [3.8, 4) is 12.3 Å². The molecule has 1 aromatic carbocycles. The van der Waals surface area contributed by atoms with Crippen LogP contribution in [0.2, 0.25) is 0 Å². The van der Waals surface area contributed by atoms with Crippen LogP contribution in [0.15, 0.2) is 0 Å². The molecule has 16 heavy (non-hydrogen) atoms. The van der Waals surface area contributed by atoms with Crippen molar-refractivity contribution in [2.75, 3.05) is 0 Å². The minimum atomic E-state index is -2.60. The Labute approximate surface area is 87.5 Å². The molecule has 0 bridgehead atoms. The molecule has 0 aliphatic carbocycles. The molecule has 0 aliphatic heterocycles. The number of aliphatic hydroxyl groups excluding tert-OH is 1. The second kappa shape index (κ2) is 4.49. The molecule has 1 rings (SSSR count). The summed E-state index contributed by atoms with van der Waals surface area (Å²) in [6, 6.07) is 0. The van der Waals surface area contributed by atoms with E-state index < -0.39 is 47.2 Å². The molecule has 1 unspecified atom stereocenters. The smallest absolute Gasteiger partial charge is 0.191 e. The number of benzene rings is 1. The zero-order valence-electron chi connectivity index (χ0n) is 7.70. The van der Waals surface area contributed by atoms with Gasteiger partial charge in [-0.05, 0) is 0 Å². The lowest BCUT2D eigenvalue weighted by atomic mass is 10.0. The van der Waals surface area contributed by atoms with E-state index in [2.05, 4.69) is 6.42 Å². The van der Waals surface area contributed by atoms with Crippen molar-refractivity contribution >= 4 is 0 Å². The lowest BCUT2D eigenvalue weighted by molar-refractivity contribution is 0.260. The van der Waals surface area contributed by atoms with Gasteiger partial charge in [-0.25, -0.2) is 22.0 Å². The molecule has 0 spiro atoms. The minimum Gasteiger partial charge on any atom is -0.391 e. The molecule has 0 amide bonds. The highest BCUT2D eigenvalue weighted by Gasteiger charge is 2.28. The summed E-state index contributed by atoms with van der Waals surface area (Å²) in [6.07, 6.45) is 1.96. The largest absolute Gasteiger partial charge is 0.391 e. The third-order valence-corrected chi connectivity index (χ3v) is 1.95. The third-order valence-electron chi connectivity index (χ3n) is 1.95. The van der Waals surface area contributed by atoms with Gasteiger partial charge in [0.2, 0.25) is 0 Å². The van der Waals surface area contributed by atoms with Crippen LogP contribution in [0.3, 0.4) is 0 Å². The minimum absolute atomic E-state index is 1.21. The summed E-state index contributed by atoms with van der Waals surface area (Å²) in [5, 5.41) is 8.49. The molecule has 0 saturated heterocycles. The number of hydrogen-bond acceptors (Lipinski definition) is 1.